The number of hydrazine groups is 1. The summed E-state index contributed by atoms with van der Waals surface area (Å²) in [6, 6.07) is 8.33. The number of nitrogens with zero attached hydrogens (tertiary/aromatic N) is 1. The zero-order valence-electron chi connectivity index (χ0n) is 8.83. The van der Waals surface area contributed by atoms with Crippen molar-refractivity contribution in [3.63, 3.8) is 0 Å². The molecule has 2 nitrogen and oxygen atoms in total. The lowest BCUT2D eigenvalue weighted by atomic mass is 9.87. The summed E-state index contributed by atoms with van der Waals surface area (Å²) in [5.74, 6) is 5.61. The summed E-state index contributed by atoms with van der Waals surface area (Å²) in [5.41, 5.74) is 2.58. The molecule has 0 aliphatic carbocycles. The maximum absolute atomic E-state index is 5.61. The van der Waals surface area contributed by atoms with E-state index in [2.05, 4.69) is 32.9 Å². The molecule has 0 heterocycles. The molecule has 0 radical (unpaired) electrons. The van der Waals surface area contributed by atoms with Crippen LogP contribution in [-0.2, 0) is 5.41 Å². The van der Waals surface area contributed by atoms with Gasteiger partial charge in [0.05, 0.1) is 5.69 Å². The average molecular weight is 178 g/mol. The first-order valence-electron chi connectivity index (χ1n) is 4.50. The molecular weight excluding hydrogens is 160 g/mol. The van der Waals surface area contributed by atoms with Crippen LogP contribution >= 0.6 is 0 Å². The molecule has 2 N–H and O–H groups in total. The topological polar surface area (TPSA) is 29.3 Å². The van der Waals surface area contributed by atoms with Crippen molar-refractivity contribution in [3.8, 4) is 0 Å². The molecule has 1 aromatic carbocycles. The van der Waals surface area contributed by atoms with E-state index < -0.39 is 0 Å². The van der Waals surface area contributed by atoms with Crippen LogP contribution in [0, 0.1) is 0 Å². The first-order valence-corrected chi connectivity index (χ1v) is 4.50. The van der Waals surface area contributed by atoms with Gasteiger partial charge in [0.1, 0.15) is 0 Å². The summed E-state index contributed by atoms with van der Waals surface area (Å²) in [4.78, 5) is 0. The van der Waals surface area contributed by atoms with Crippen LogP contribution in [-0.4, -0.2) is 7.05 Å². The second kappa shape index (κ2) is 3.38. The summed E-state index contributed by atoms with van der Waals surface area (Å²) in [7, 11) is 1.84. The van der Waals surface area contributed by atoms with E-state index in [9.17, 15) is 0 Å². The van der Waals surface area contributed by atoms with Crippen LogP contribution in [0.5, 0.6) is 0 Å². The molecule has 0 bridgehead atoms. The van der Waals surface area contributed by atoms with E-state index >= 15 is 0 Å². The zero-order chi connectivity index (χ0) is 10.1. The monoisotopic (exact) mass is 178 g/mol. The van der Waals surface area contributed by atoms with Gasteiger partial charge in [-0.3, -0.25) is 0 Å². The predicted octanol–water partition coefficient (Wildman–Crippen LogP) is 2.29. The molecule has 0 aliphatic heterocycles. The van der Waals surface area contributed by atoms with E-state index in [-0.39, 0.29) is 5.41 Å². The smallest absolute Gasteiger partial charge is 0.0514 e. The van der Waals surface area contributed by atoms with Crippen molar-refractivity contribution in [2.45, 2.75) is 26.2 Å². The minimum absolute atomic E-state index is 0.214. The van der Waals surface area contributed by atoms with Gasteiger partial charge >= 0.3 is 0 Å². The third kappa shape index (κ3) is 2.46. The van der Waals surface area contributed by atoms with E-state index in [1.807, 2.05) is 19.2 Å². The Kier molecular flexibility index (Phi) is 2.62. The number of anilines is 1. The maximum Gasteiger partial charge on any atom is 0.0514 e. The normalized spacial score (nSPS) is 11.5. The van der Waals surface area contributed by atoms with Crippen LogP contribution < -0.4 is 10.9 Å². The molecule has 0 aliphatic rings. The van der Waals surface area contributed by atoms with Crippen LogP contribution in [0.15, 0.2) is 24.3 Å². The Balaban J connectivity index is 2.94. The van der Waals surface area contributed by atoms with Gasteiger partial charge in [0, 0.05) is 7.05 Å². The predicted molar refractivity (Wildman–Crippen MR) is 57.7 cm³/mol. The highest BCUT2D eigenvalue weighted by Crippen LogP contribution is 2.23. The molecule has 72 valence electrons. The van der Waals surface area contributed by atoms with Gasteiger partial charge in [-0.05, 0) is 23.1 Å². The second-order valence-electron chi connectivity index (χ2n) is 4.41. The van der Waals surface area contributed by atoms with Crippen LogP contribution in [0.2, 0.25) is 0 Å². The number of nitrogens with two attached hydrogens (primary N) is 1. The van der Waals surface area contributed by atoms with Crippen molar-refractivity contribution >= 4 is 5.69 Å². The third-order valence-electron chi connectivity index (χ3n) is 2.14. The van der Waals surface area contributed by atoms with Crippen molar-refractivity contribution in [2.75, 3.05) is 12.1 Å². The Morgan fingerprint density at radius 2 is 1.54 bits per heavy atom. The molecule has 0 amide bonds. The lowest BCUT2D eigenvalue weighted by Gasteiger charge is -2.20. The van der Waals surface area contributed by atoms with E-state index in [0.717, 1.165) is 5.69 Å². The lowest BCUT2D eigenvalue weighted by molar-refractivity contribution is 0.590. The van der Waals surface area contributed by atoms with Crippen molar-refractivity contribution in [1.82, 2.24) is 0 Å². The Hall–Kier alpha value is -1.02. The fourth-order valence-electron chi connectivity index (χ4n) is 1.20. The van der Waals surface area contributed by atoms with Gasteiger partial charge in [0.15, 0.2) is 0 Å². The van der Waals surface area contributed by atoms with E-state index in [1.165, 1.54) is 5.56 Å². The first kappa shape index (κ1) is 10.1. The quantitative estimate of drug-likeness (QED) is 0.528. The average Bonchev–Trinajstić information content (AvgIpc) is 2.03. The standard InChI is InChI=1S/C11H18N2/c1-11(2,3)9-5-7-10(8-6-9)13(4)12/h5-8H,12H2,1-4H3. The third-order valence-corrected chi connectivity index (χ3v) is 2.14. The van der Waals surface area contributed by atoms with Crippen LogP contribution in [0.4, 0.5) is 5.69 Å². The lowest BCUT2D eigenvalue weighted by Crippen LogP contribution is -2.25. The minimum Gasteiger partial charge on any atom is -0.314 e. The molecule has 1 aromatic rings. The van der Waals surface area contributed by atoms with E-state index in [0.29, 0.717) is 0 Å². The number of hydrogen-bond acceptors (Lipinski definition) is 2. The fraction of sp³-hybridized carbons (Fsp3) is 0.455. The molecular formula is C11H18N2. The van der Waals surface area contributed by atoms with Crippen LogP contribution in [0.25, 0.3) is 0 Å². The number of benzene rings is 1. The Morgan fingerprint density at radius 1 is 1.08 bits per heavy atom. The molecule has 0 atom stereocenters. The highest BCUT2D eigenvalue weighted by atomic mass is 15.4. The second-order valence-corrected chi connectivity index (χ2v) is 4.41. The molecule has 0 spiro atoms. The largest absolute Gasteiger partial charge is 0.314 e. The van der Waals surface area contributed by atoms with Crippen molar-refractivity contribution in [3.05, 3.63) is 29.8 Å². The zero-order valence-corrected chi connectivity index (χ0v) is 8.83. The Labute approximate surface area is 80.3 Å². The van der Waals surface area contributed by atoms with Gasteiger partial charge in [-0.15, -0.1) is 0 Å². The summed E-state index contributed by atoms with van der Waals surface area (Å²) in [6.07, 6.45) is 0. The first-order chi connectivity index (χ1) is 5.91. The van der Waals surface area contributed by atoms with E-state index in [4.69, 9.17) is 5.84 Å². The fourth-order valence-corrected chi connectivity index (χ4v) is 1.20. The molecule has 0 saturated heterocycles. The number of rotatable bonds is 1. The minimum atomic E-state index is 0.214. The van der Waals surface area contributed by atoms with Gasteiger partial charge < -0.3 is 5.01 Å². The van der Waals surface area contributed by atoms with Crippen LogP contribution in [0.1, 0.15) is 26.3 Å². The highest BCUT2D eigenvalue weighted by molar-refractivity contribution is 5.46. The number of hydrogen-bond donors (Lipinski definition) is 1. The molecule has 0 fully saturated rings. The summed E-state index contributed by atoms with van der Waals surface area (Å²) >= 11 is 0. The van der Waals surface area contributed by atoms with E-state index in [1.54, 1.807) is 5.01 Å². The molecule has 0 aromatic heterocycles. The summed E-state index contributed by atoms with van der Waals surface area (Å²) in [6.45, 7) is 6.61. The summed E-state index contributed by atoms with van der Waals surface area (Å²) in [5, 5.41) is 1.62. The van der Waals surface area contributed by atoms with Gasteiger partial charge in [0.25, 0.3) is 0 Å². The molecule has 0 unspecified atom stereocenters. The highest BCUT2D eigenvalue weighted by Gasteiger charge is 2.12. The molecule has 2 heteroatoms. The van der Waals surface area contributed by atoms with Gasteiger partial charge in [0.2, 0.25) is 0 Å². The Bertz CT molecular complexity index is 267. The SMILES string of the molecule is CN(N)c1ccc(C(C)(C)C)cc1. The Morgan fingerprint density at radius 3 is 1.85 bits per heavy atom. The van der Waals surface area contributed by atoms with Crippen molar-refractivity contribution in [1.29, 1.82) is 0 Å². The van der Waals surface area contributed by atoms with Crippen LogP contribution in [0.3, 0.4) is 0 Å². The molecule has 1 rings (SSSR count). The van der Waals surface area contributed by atoms with Crippen molar-refractivity contribution in [2.24, 2.45) is 5.84 Å². The van der Waals surface area contributed by atoms with Crippen molar-refractivity contribution < 1.29 is 0 Å². The molecule has 0 saturated carbocycles. The molecule has 13 heavy (non-hydrogen) atoms. The summed E-state index contributed by atoms with van der Waals surface area (Å²) < 4.78 is 0. The maximum atomic E-state index is 5.61. The van der Waals surface area contributed by atoms with Gasteiger partial charge in [-0.2, -0.15) is 0 Å². The van der Waals surface area contributed by atoms with Gasteiger partial charge in [-0.25, -0.2) is 5.84 Å². The van der Waals surface area contributed by atoms with Gasteiger partial charge in [-0.1, -0.05) is 32.9 Å².